The van der Waals surface area contributed by atoms with Crippen molar-refractivity contribution in [2.24, 2.45) is 0 Å². The van der Waals surface area contributed by atoms with Crippen LogP contribution in [0.4, 0.5) is 5.82 Å². The van der Waals surface area contributed by atoms with E-state index < -0.39 is 0 Å². The molecule has 0 aromatic carbocycles. The second kappa shape index (κ2) is 5.43. The number of hydrogen-bond acceptors (Lipinski definition) is 5. The minimum absolute atomic E-state index is 0.173. The minimum Gasteiger partial charge on any atom is -0.395 e. The molecule has 0 radical (unpaired) electrons. The van der Waals surface area contributed by atoms with Gasteiger partial charge in [0.15, 0.2) is 0 Å². The van der Waals surface area contributed by atoms with Gasteiger partial charge >= 0.3 is 0 Å². The Morgan fingerprint density at radius 1 is 1.37 bits per heavy atom. The summed E-state index contributed by atoms with van der Waals surface area (Å²) in [4.78, 5) is 11.2. The summed E-state index contributed by atoms with van der Waals surface area (Å²) in [5, 5.41) is 11.5. The van der Waals surface area contributed by atoms with Crippen molar-refractivity contribution in [1.82, 2.24) is 9.97 Å². The number of fused-ring (bicyclic) bond motifs is 1. The van der Waals surface area contributed by atoms with Crippen molar-refractivity contribution >= 4 is 27.4 Å². The van der Waals surface area contributed by atoms with Crippen LogP contribution in [0, 0.1) is 6.92 Å². The van der Waals surface area contributed by atoms with E-state index in [0.29, 0.717) is 12.6 Å². The molecule has 0 aliphatic heterocycles. The van der Waals surface area contributed by atoms with Gasteiger partial charge in [0, 0.05) is 12.6 Å². The van der Waals surface area contributed by atoms with Crippen molar-refractivity contribution < 1.29 is 5.11 Å². The van der Waals surface area contributed by atoms with Crippen molar-refractivity contribution in [2.75, 3.05) is 18.1 Å². The van der Waals surface area contributed by atoms with Gasteiger partial charge in [0.1, 0.15) is 12.1 Å². The Hall–Kier alpha value is -1.20. The number of aliphatic hydroxyl groups excluding tert-OH is 1. The molecule has 1 aliphatic rings. The molecule has 0 unspecified atom stereocenters. The molecule has 1 fully saturated rings. The fourth-order valence-corrected chi connectivity index (χ4v) is 3.95. The Labute approximate surface area is 117 Å². The third-order valence-electron chi connectivity index (χ3n) is 3.89. The summed E-state index contributed by atoms with van der Waals surface area (Å²) in [6, 6.07) is 0.521. The van der Waals surface area contributed by atoms with Crippen molar-refractivity contribution in [1.29, 1.82) is 0 Å². The van der Waals surface area contributed by atoms with Crippen LogP contribution in [0.25, 0.3) is 10.2 Å². The van der Waals surface area contributed by atoms with Gasteiger partial charge in [-0.2, -0.15) is 0 Å². The molecule has 4 nitrogen and oxygen atoms in total. The number of anilines is 1. The van der Waals surface area contributed by atoms with Crippen LogP contribution in [0.2, 0.25) is 0 Å². The number of aromatic nitrogens is 2. The minimum atomic E-state index is 0.173. The Morgan fingerprint density at radius 2 is 2.16 bits per heavy atom. The SMILES string of the molecule is Cc1csc2c(N(CCO)C3CCCC3)ncnc12. The van der Waals surface area contributed by atoms with Gasteiger partial charge in [0.2, 0.25) is 0 Å². The molecule has 2 aromatic rings. The monoisotopic (exact) mass is 277 g/mol. The Kier molecular flexibility index (Phi) is 3.66. The van der Waals surface area contributed by atoms with E-state index in [1.165, 1.54) is 31.2 Å². The van der Waals surface area contributed by atoms with Gasteiger partial charge < -0.3 is 10.0 Å². The molecule has 3 rings (SSSR count). The largest absolute Gasteiger partial charge is 0.395 e. The maximum Gasteiger partial charge on any atom is 0.150 e. The lowest BCUT2D eigenvalue weighted by atomic mass is 10.2. The van der Waals surface area contributed by atoms with E-state index in [-0.39, 0.29) is 6.61 Å². The number of thiophene rings is 1. The summed E-state index contributed by atoms with van der Waals surface area (Å²) in [5.74, 6) is 1.00. The first kappa shape index (κ1) is 12.8. The molecule has 1 N–H and O–H groups in total. The summed E-state index contributed by atoms with van der Waals surface area (Å²) < 4.78 is 1.15. The third kappa shape index (κ3) is 2.32. The van der Waals surface area contributed by atoms with Gasteiger partial charge in [-0.3, -0.25) is 0 Å². The Bertz CT molecular complexity index is 563. The second-order valence-electron chi connectivity index (χ2n) is 5.15. The van der Waals surface area contributed by atoms with Crippen LogP contribution >= 0.6 is 11.3 Å². The van der Waals surface area contributed by atoms with Gasteiger partial charge in [-0.15, -0.1) is 11.3 Å². The first-order chi connectivity index (χ1) is 9.31. The fraction of sp³-hybridized carbons (Fsp3) is 0.571. The molecule has 1 aliphatic carbocycles. The topological polar surface area (TPSA) is 49.2 Å². The molecule has 0 spiro atoms. The molecule has 2 aromatic heterocycles. The number of rotatable bonds is 4. The van der Waals surface area contributed by atoms with Gasteiger partial charge in [0.05, 0.1) is 16.8 Å². The Morgan fingerprint density at radius 3 is 2.89 bits per heavy atom. The smallest absolute Gasteiger partial charge is 0.150 e. The maximum absolute atomic E-state index is 9.35. The zero-order valence-corrected chi connectivity index (χ0v) is 12.0. The Balaban J connectivity index is 2.03. The molecular formula is C14H19N3OS. The van der Waals surface area contributed by atoms with E-state index in [0.717, 1.165) is 16.0 Å². The number of aliphatic hydroxyl groups is 1. The summed E-state index contributed by atoms with van der Waals surface area (Å²) in [7, 11) is 0. The van der Waals surface area contributed by atoms with Crippen LogP contribution in [-0.2, 0) is 0 Å². The number of aryl methyl sites for hydroxylation is 1. The summed E-state index contributed by atoms with van der Waals surface area (Å²) in [5.41, 5.74) is 2.26. The first-order valence-corrected chi connectivity index (χ1v) is 7.75. The van der Waals surface area contributed by atoms with E-state index in [4.69, 9.17) is 0 Å². The molecule has 19 heavy (non-hydrogen) atoms. The lowest BCUT2D eigenvalue weighted by Gasteiger charge is -2.29. The predicted molar refractivity (Wildman–Crippen MR) is 78.8 cm³/mol. The average Bonchev–Trinajstić information content (AvgIpc) is 3.06. The van der Waals surface area contributed by atoms with Crippen LogP contribution in [0.15, 0.2) is 11.7 Å². The zero-order valence-electron chi connectivity index (χ0n) is 11.2. The average molecular weight is 277 g/mol. The van der Waals surface area contributed by atoms with Gasteiger partial charge in [-0.05, 0) is 30.7 Å². The third-order valence-corrected chi connectivity index (χ3v) is 4.97. The van der Waals surface area contributed by atoms with Crippen molar-refractivity contribution in [3.8, 4) is 0 Å². The summed E-state index contributed by atoms with van der Waals surface area (Å²) >= 11 is 1.71. The van der Waals surface area contributed by atoms with E-state index in [9.17, 15) is 5.11 Å². The van der Waals surface area contributed by atoms with Crippen molar-refractivity contribution in [3.05, 3.63) is 17.3 Å². The van der Waals surface area contributed by atoms with Crippen molar-refractivity contribution in [3.63, 3.8) is 0 Å². The highest BCUT2D eigenvalue weighted by molar-refractivity contribution is 7.18. The highest BCUT2D eigenvalue weighted by atomic mass is 32.1. The molecule has 0 bridgehead atoms. The van der Waals surface area contributed by atoms with Crippen LogP contribution in [0.1, 0.15) is 31.2 Å². The molecule has 102 valence electrons. The van der Waals surface area contributed by atoms with Crippen LogP contribution < -0.4 is 4.90 Å². The standard InChI is InChI=1S/C14H19N3OS/c1-10-8-19-13-12(10)15-9-16-14(13)17(6-7-18)11-4-2-3-5-11/h8-9,11,18H,2-7H2,1H3. The van der Waals surface area contributed by atoms with Gasteiger partial charge in [-0.25, -0.2) is 9.97 Å². The normalized spacial score (nSPS) is 16.3. The highest BCUT2D eigenvalue weighted by Gasteiger charge is 2.25. The van der Waals surface area contributed by atoms with Crippen LogP contribution in [0.3, 0.4) is 0 Å². The number of nitrogens with zero attached hydrogens (tertiary/aromatic N) is 3. The van der Waals surface area contributed by atoms with Crippen LogP contribution in [-0.4, -0.2) is 34.3 Å². The molecular weight excluding hydrogens is 258 g/mol. The lowest BCUT2D eigenvalue weighted by molar-refractivity contribution is 0.297. The first-order valence-electron chi connectivity index (χ1n) is 6.87. The highest BCUT2D eigenvalue weighted by Crippen LogP contribution is 2.34. The molecule has 1 saturated carbocycles. The molecule has 0 atom stereocenters. The number of hydrogen-bond donors (Lipinski definition) is 1. The fourth-order valence-electron chi connectivity index (χ4n) is 2.95. The molecule has 0 saturated heterocycles. The summed E-state index contributed by atoms with van der Waals surface area (Å²) in [6.07, 6.45) is 6.62. The maximum atomic E-state index is 9.35. The van der Waals surface area contributed by atoms with Crippen molar-refractivity contribution in [2.45, 2.75) is 38.6 Å². The predicted octanol–water partition coefficient (Wildman–Crippen LogP) is 2.74. The summed E-state index contributed by atoms with van der Waals surface area (Å²) in [6.45, 7) is 2.92. The second-order valence-corrected chi connectivity index (χ2v) is 6.03. The van der Waals surface area contributed by atoms with Gasteiger partial charge in [0.25, 0.3) is 0 Å². The van der Waals surface area contributed by atoms with Gasteiger partial charge in [-0.1, -0.05) is 12.8 Å². The van der Waals surface area contributed by atoms with E-state index in [2.05, 4.69) is 27.2 Å². The van der Waals surface area contributed by atoms with E-state index >= 15 is 0 Å². The quantitative estimate of drug-likeness (QED) is 0.933. The van der Waals surface area contributed by atoms with E-state index in [1.54, 1.807) is 17.7 Å². The molecule has 5 heteroatoms. The zero-order chi connectivity index (χ0) is 13.2. The molecule has 0 amide bonds. The molecule has 2 heterocycles. The van der Waals surface area contributed by atoms with Crippen LogP contribution in [0.5, 0.6) is 0 Å². The van der Waals surface area contributed by atoms with E-state index in [1.807, 2.05) is 0 Å². The lowest BCUT2D eigenvalue weighted by Crippen LogP contribution is -2.36.